The maximum Gasteiger partial charge on any atom is 0.274 e. The number of halogens is 1. The second-order valence-electron chi connectivity index (χ2n) is 8.15. The van der Waals surface area contributed by atoms with E-state index in [0.29, 0.717) is 15.1 Å². The Labute approximate surface area is 207 Å². The molecule has 0 radical (unpaired) electrons. The van der Waals surface area contributed by atoms with Crippen molar-refractivity contribution in [2.75, 3.05) is 16.8 Å². The molecule has 7 heteroatoms. The fourth-order valence-electron chi connectivity index (χ4n) is 3.80. The number of carbonyl (C=O) groups excluding carboxylic acids is 1. The van der Waals surface area contributed by atoms with Gasteiger partial charge in [-0.05, 0) is 91.7 Å². The second kappa shape index (κ2) is 8.60. The number of thioether (sulfide) groups is 2. The van der Waals surface area contributed by atoms with Crippen LogP contribution >= 0.6 is 35.1 Å². The van der Waals surface area contributed by atoms with E-state index in [9.17, 15) is 4.79 Å². The highest BCUT2D eigenvalue weighted by Crippen LogP contribution is 2.51. The molecule has 3 aromatic carbocycles. The molecule has 166 valence electrons. The molecule has 0 aromatic heterocycles. The van der Waals surface area contributed by atoms with Crippen molar-refractivity contribution in [3.05, 3.63) is 92.3 Å². The number of aryl methyl sites for hydroxylation is 3. The topological polar surface area (TPSA) is 35.9 Å². The predicted octanol–water partition coefficient (Wildman–Crippen LogP) is 7.44. The van der Waals surface area contributed by atoms with Crippen LogP contribution in [0.3, 0.4) is 0 Å². The molecule has 0 N–H and O–H groups in total. The van der Waals surface area contributed by atoms with Crippen LogP contribution in [0, 0.1) is 20.8 Å². The lowest BCUT2D eigenvalue weighted by molar-refractivity contribution is -0.113. The van der Waals surface area contributed by atoms with Crippen molar-refractivity contribution in [3.63, 3.8) is 0 Å². The average Bonchev–Trinajstić information content (AvgIpc) is 3.27. The van der Waals surface area contributed by atoms with Crippen molar-refractivity contribution < 1.29 is 4.79 Å². The summed E-state index contributed by atoms with van der Waals surface area (Å²) in [5.41, 5.74) is 6.13. The van der Waals surface area contributed by atoms with E-state index in [0.717, 1.165) is 32.6 Å². The first kappa shape index (κ1) is 22.1. The molecule has 1 amide bonds. The average molecular weight is 492 g/mol. The van der Waals surface area contributed by atoms with Crippen LogP contribution in [0.5, 0.6) is 0 Å². The number of nitrogens with zero attached hydrogens (tertiary/aromatic N) is 3. The van der Waals surface area contributed by atoms with Crippen LogP contribution in [0.25, 0.3) is 0 Å². The molecule has 0 spiro atoms. The van der Waals surface area contributed by atoms with Gasteiger partial charge in [-0.25, -0.2) is 4.99 Å². The molecule has 33 heavy (non-hydrogen) atoms. The number of amidine groups is 1. The Hall–Kier alpha value is -2.67. The SMILES string of the molecule is Cc1cccc(N2C(=O)C(=C3Sc4ccc(Cl)cc4N3C)SC2=Nc2ccc(C)c(C)c2)c1. The van der Waals surface area contributed by atoms with Gasteiger partial charge in [-0.2, -0.15) is 0 Å². The molecule has 0 saturated carbocycles. The molecule has 2 heterocycles. The predicted molar refractivity (Wildman–Crippen MR) is 142 cm³/mol. The Kier molecular flexibility index (Phi) is 5.77. The second-order valence-corrected chi connectivity index (χ2v) is 10.6. The van der Waals surface area contributed by atoms with Crippen LogP contribution in [-0.2, 0) is 4.79 Å². The van der Waals surface area contributed by atoms with Crippen LogP contribution in [0.1, 0.15) is 16.7 Å². The lowest BCUT2D eigenvalue weighted by Gasteiger charge is -2.17. The number of hydrogen-bond acceptors (Lipinski definition) is 5. The minimum Gasteiger partial charge on any atom is -0.337 e. The molecular formula is C26H22ClN3OS2. The summed E-state index contributed by atoms with van der Waals surface area (Å²) in [5, 5.41) is 2.22. The molecule has 0 unspecified atom stereocenters. The van der Waals surface area contributed by atoms with E-state index < -0.39 is 0 Å². The zero-order chi connectivity index (χ0) is 23.3. The van der Waals surface area contributed by atoms with Gasteiger partial charge in [0.05, 0.1) is 22.1 Å². The Morgan fingerprint density at radius 2 is 1.73 bits per heavy atom. The Balaban J connectivity index is 1.62. The van der Waals surface area contributed by atoms with Crippen molar-refractivity contribution in [1.82, 2.24) is 0 Å². The quantitative estimate of drug-likeness (QED) is 0.349. The van der Waals surface area contributed by atoms with Gasteiger partial charge < -0.3 is 4.90 Å². The third-order valence-corrected chi connectivity index (χ3v) is 8.37. The third kappa shape index (κ3) is 4.07. The first-order chi connectivity index (χ1) is 15.8. The minimum atomic E-state index is -0.0681. The molecular weight excluding hydrogens is 470 g/mol. The Morgan fingerprint density at radius 3 is 2.48 bits per heavy atom. The number of aliphatic imine (C=N–C) groups is 1. The number of benzene rings is 3. The normalized spacial score (nSPS) is 19.1. The molecule has 3 aromatic rings. The maximum atomic E-state index is 13.8. The lowest BCUT2D eigenvalue weighted by Crippen LogP contribution is -2.29. The Morgan fingerprint density at radius 1 is 0.909 bits per heavy atom. The summed E-state index contributed by atoms with van der Waals surface area (Å²) in [6.07, 6.45) is 0. The summed E-state index contributed by atoms with van der Waals surface area (Å²) >= 11 is 9.24. The highest BCUT2D eigenvalue weighted by Gasteiger charge is 2.40. The standard InChI is InChI=1S/C26H22ClN3OS2/c1-15-6-5-7-20(12-15)30-24(31)23(25-29(4)21-14-18(27)9-11-22(21)32-25)33-26(30)28-19-10-8-16(2)17(3)13-19/h5-14H,1-4H3. The molecule has 0 bridgehead atoms. The number of hydrogen-bond donors (Lipinski definition) is 0. The van der Waals surface area contributed by atoms with E-state index in [2.05, 4.69) is 26.0 Å². The molecule has 4 nitrogen and oxygen atoms in total. The van der Waals surface area contributed by atoms with Crippen molar-refractivity contribution in [2.24, 2.45) is 4.99 Å². The van der Waals surface area contributed by atoms with E-state index in [-0.39, 0.29) is 5.91 Å². The largest absolute Gasteiger partial charge is 0.337 e. The number of anilines is 2. The molecule has 1 saturated heterocycles. The fourth-order valence-corrected chi connectivity index (χ4v) is 6.29. The van der Waals surface area contributed by atoms with Gasteiger partial charge in [0.25, 0.3) is 5.91 Å². The highest BCUT2D eigenvalue weighted by atomic mass is 35.5. The smallest absolute Gasteiger partial charge is 0.274 e. The minimum absolute atomic E-state index is 0.0681. The van der Waals surface area contributed by atoms with Crippen molar-refractivity contribution >= 4 is 63.3 Å². The van der Waals surface area contributed by atoms with Gasteiger partial charge in [0.15, 0.2) is 5.17 Å². The van der Waals surface area contributed by atoms with Crippen LogP contribution in [0.4, 0.5) is 17.1 Å². The van der Waals surface area contributed by atoms with E-state index in [1.807, 2.05) is 67.4 Å². The summed E-state index contributed by atoms with van der Waals surface area (Å²) in [5.74, 6) is -0.0681. The van der Waals surface area contributed by atoms with Crippen molar-refractivity contribution in [3.8, 4) is 0 Å². The molecule has 2 aliphatic heterocycles. The first-order valence-electron chi connectivity index (χ1n) is 10.5. The van der Waals surface area contributed by atoms with Crippen molar-refractivity contribution in [1.29, 1.82) is 0 Å². The zero-order valence-corrected chi connectivity index (χ0v) is 21.1. The number of amides is 1. The third-order valence-electron chi connectivity index (χ3n) is 5.74. The van der Waals surface area contributed by atoms with Crippen molar-refractivity contribution in [2.45, 2.75) is 25.7 Å². The highest BCUT2D eigenvalue weighted by molar-refractivity contribution is 8.20. The summed E-state index contributed by atoms with van der Waals surface area (Å²) in [6.45, 7) is 6.18. The number of carbonyl (C=O) groups is 1. The van der Waals surface area contributed by atoms with E-state index in [4.69, 9.17) is 16.6 Å². The summed E-state index contributed by atoms with van der Waals surface area (Å²) in [6, 6.07) is 19.9. The van der Waals surface area contributed by atoms with Gasteiger partial charge in [-0.15, -0.1) is 0 Å². The Bertz CT molecular complexity index is 1370. The fraction of sp³-hybridized carbons (Fsp3) is 0.154. The van der Waals surface area contributed by atoms with Crippen LogP contribution in [0.2, 0.25) is 5.02 Å². The van der Waals surface area contributed by atoms with E-state index in [1.165, 1.54) is 22.9 Å². The summed E-state index contributed by atoms with van der Waals surface area (Å²) in [4.78, 5) is 24.2. The van der Waals surface area contributed by atoms with Crippen LogP contribution in [0.15, 0.2) is 80.5 Å². The monoisotopic (exact) mass is 491 g/mol. The van der Waals surface area contributed by atoms with Crippen LogP contribution in [-0.4, -0.2) is 18.1 Å². The first-order valence-corrected chi connectivity index (χ1v) is 12.5. The molecule has 0 atom stereocenters. The lowest BCUT2D eigenvalue weighted by atomic mass is 10.1. The molecule has 5 rings (SSSR count). The van der Waals surface area contributed by atoms with Gasteiger partial charge in [-0.3, -0.25) is 9.69 Å². The zero-order valence-electron chi connectivity index (χ0n) is 18.7. The van der Waals surface area contributed by atoms with E-state index in [1.54, 1.807) is 16.7 Å². The number of fused-ring (bicyclic) bond motifs is 1. The van der Waals surface area contributed by atoms with Gasteiger partial charge in [-0.1, -0.05) is 41.6 Å². The van der Waals surface area contributed by atoms with E-state index >= 15 is 0 Å². The summed E-state index contributed by atoms with van der Waals surface area (Å²) in [7, 11) is 1.97. The summed E-state index contributed by atoms with van der Waals surface area (Å²) < 4.78 is 0. The molecule has 1 fully saturated rings. The van der Waals surface area contributed by atoms with Crippen LogP contribution < -0.4 is 9.80 Å². The van der Waals surface area contributed by atoms with Gasteiger partial charge >= 0.3 is 0 Å². The van der Waals surface area contributed by atoms with Gasteiger partial charge in [0, 0.05) is 17.0 Å². The van der Waals surface area contributed by atoms with Gasteiger partial charge in [0.2, 0.25) is 0 Å². The maximum absolute atomic E-state index is 13.8. The van der Waals surface area contributed by atoms with Gasteiger partial charge in [0.1, 0.15) is 4.91 Å². The number of rotatable bonds is 2. The molecule has 0 aliphatic carbocycles. The molecule has 2 aliphatic rings.